The van der Waals surface area contributed by atoms with E-state index in [2.05, 4.69) is 0 Å². The number of carbonyl (C=O) groups excluding carboxylic acids is 2. The van der Waals surface area contributed by atoms with E-state index in [1.807, 2.05) is 11.8 Å². The first-order valence-electron chi connectivity index (χ1n) is 7.30. The maximum absolute atomic E-state index is 12.5. The van der Waals surface area contributed by atoms with Crippen molar-refractivity contribution in [2.75, 3.05) is 26.2 Å². The van der Waals surface area contributed by atoms with Gasteiger partial charge in [0.25, 0.3) is 5.91 Å². The van der Waals surface area contributed by atoms with Crippen LogP contribution in [0.3, 0.4) is 0 Å². The van der Waals surface area contributed by atoms with E-state index in [0.29, 0.717) is 32.0 Å². The molecule has 0 aromatic carbocycles. The molecule has 6 nitrogen and oxygen atoms in total. The van der Waals surface area contributed by atoms with E-state index >= 15 is 0 Å². The SMILES string of the molecule is CC(=O)N1CCO[C@H]2CCN(C(=O)c3occc3C)C[C@@H]21. The highest BCUT2D eigenvalue weighted by molar-refractivity contribution is 5.93. The molecule has 0 unspecified atom stereocenters. The van der Waals surface area contributed by atoms with Crippen molar-refractivity contribution in [3.8, 4) is 0 Å². The number of ether oxygens (including phenoxy) is 1. The number of hydrogen-bond acceptors (Lipinski definition) is 4. The van der Waals surface area contributed by atoms with Gasteiger partial charge in [0.05, 0.1) is 25.0 Å². The molecule has 3 rings (SSSR count). The normalized spacial score (nSPS) is 25.6. The highest BCUT2D eigenvalue weighted by Crippen LogP contribution is 2.25. The number of rotatable bonds is 1. The standard InChI is InChI=1S/C15H20N2O4/c1-10-4-7-21-14(10)15(19)16-5-3-13-12(9-16)17(11(2)18)6-8-20-13/h4,7,12-13H,3,5-6,8-9H2,1-2H3/t12-,13-/m0/s1. The Kier molecular flexibility index (Phi) is 3.71. The molecule has 1 aromatic rings. The molecular formula is C15H20N2O4. The first kappa shape index (κ1) is 14.1. The molecular weight excluding hydrogens is 272 g/mol. The molecule has 3 heterocycles. The van der Waals surface area contributed by atoms with E-state index in [1.54, 1.807) is 17.9 Å². The minimum absolute atomic E-state index is 0.0318. The Balaban J connectivity index is 1.76. The van der Waals surface area contributed by atoms with Crippen LogP contribution in [0.2, 0.25) is 0 Å². The summed E-state index contributed by atoms with van der Waals surface area (Å²) in [5.41, 5.74) is 0.838. The Morgan fingerprint density at radius 1 is 1.33 bits per heavy atom. The number of morpholine rings is 1. The molecule has 2 fully saturated rings. The van der Waals surface area contributed by atoms with Gasteiger partial charge in [-0.15, -0.1) is 0 Å². The molecule has 2 aliphatic rings. The number of aryl methyl sites for hydroxylation is 1. The number of hydrogen-bond donors (Lipinski definition) is 0. The van der Waals surface area contributed by atoms with Gasteiger partial charge in [0.2, 0.25) is 5.91 Å². The minimum atomic E-state index is -0.106. The van der Waals surface area contributed by atoms with Crippen molar-refractivity contribution in [2.45, 2.75) is 32.4 Å². The van der Waals surface area contributed by atoms with Crippen molar-refractivity contribution in [2.24, 2.45) is 0 Å². The average Bonchev–Trinajstić information content (AvgIpc) is 2.91. The summed E-state index contributed by atoms with van der Waals surface area (Å²) in [6.45, 7) is 5.73. The molecule has 0 N–H and O–H groups in total. The van der Waals surface area contributed by atoms with Crippen molar-refractivity contribution >= 4 is 11.8 Å². The number of carbonyl (C=O) groups is 2. The molecule has 1 aromatic heterocycles. The first-order chi connectivity index (χ1) is 10.1. The Bertz CT molecular complexity index is 554. The summed E-state index contributed by atoms with van der Waals surface area (Å²) < 4.78 is 11.0. The fourth-order valence-electron chi connectivity index (χ4n) is 3.18. The number of piperidine rings is 1. The van der Waals surface area contributed by atoms with E-state index in [1.165, 1.54) is 6.26 Å². The molecule has 2 aliphatic heterocycles. The zero-order valence-corrected chi connectivity index (χ0v) is 12.4. The Morgan fingerprint density at radius 3 is 2.81 bits per heavy atom. The summed E-state index contributed by atoms with van der Waals surface area (Å²) >= 11 is 0. The van der Waals surface area contributed by atoms with Crippen LogP contribution in [-0.4, -0.2) is 60.0 Å². The van der Waals surface area contributed by atoms with E-state index < -0.39 is 0 Å². The van der Waals surface area contributed by atoms with Gasteiger partial charge in [0.1, 0.15) is 0 Å². The monoisotopic (exact) mass is 292 g/mol. The molecule has 21 heavy (non-hydrogen) atoms. The lowest BCUT2D eigenvalue weighted by Gasteiger charge is -2.46. The van der Waals surface area contributed by atoms with Crippen LogP contribution < -0.4 is 0 Å². The summed E-state index contributed by atoms with van der Waals surface area (Å²) in [6.07, 6.45) is 2.31. The van der Waals surface area contributed by atoms with Gasteiger partial charge in [0.15, 0.2) is 5.76 Å². The van der Waals surface area contributed by atoms with Gasteiger partial charge in [-0.2, -0.15) is 0 Å². The smallest absolute Gasteiger partial charge is 0.289 e. The van der Waals surface area contributed by atoms with Gasteiger partial charge in [-0.1, -0.05) is 0 Å². The van der Waals surface area contributed by atoms with E-state index in [-0.39, 0.29) is 24.0 Å². The topological polar surface area (TPSA) is 63.0 Å². The van der Waals surface area contributed by atoms with Gasteiger partial charge in [0, 0.05) is 32.1 Å². The predicted octanol–water partition coefficient (Wildman–Crippen LogP) is 1.05. The van der Waals surface area contributed by atoms with Crippen LogP contribution in [0.1, 0.15) is 29.5 Å². The molecule has 6 heteroatoms. The second-order valence-corrected chi connectivity index (χ2v) is 5.66. The van der Waals surface area contributed by atoms with E-state index in [4.69, 9.17) is 9.15 Å². The Morgan fingerprint density at radius 2 is 2.14 bits per heavy atom. The highest BCUT2D eigenvalue weighted by Gasteiger charge is 2.40. The molecule has 2 saturated heterocycles. The number of likely N-dealkylation sites (tertiary alicyclic amines) is 1. The van der Waals surface area contributed by atoms with Crippen molar-refractivity contribution in [1.82, 2.24) is 9.80 Å². The zero-order valence-electron chi connectivity index (χ0n) is 12.4. The molecule has 2 atom stereocenters. The number of furan rings is 1. The van der Waals surface area contributed by atoms with Crippen molar-refractivity contribution in [3.63, 3.8) is 0 Å². The van der Waals surface area contributed by atoms with Gasteiger partial charge in [-0.25, -0.2) is 0 Å². The third kappa shape index (κ3) is 2.55. The third-order valence-corrected chi connectivity index (χ3v) is 4.33. The van der Waals surface area contributed by atoms with Crippen LogP contribution in [0.15, 0.2) is 16.7 Å². The lowest BCUT2D eigenvalue weighted by molar-refractivity contribution is -0.149. The fraction of sp³-hybridized carbons (Fsp3) is 0.600. The van der Waals surface area contributed by atoms with Crippen LogP contribution in [0.5, 0.6) is 0 Å². The zero-order chi connectivity index (χ0) is 15.0. The molecule has 0 spiro atoms. The Hall–Kier alpha value is -1.82. The van der Waals surface area contributed by atoms with Crippen molar-refractivity contribution in [1.29, 1.82) is 0 Å². The second-order valence-electron chi connectivity index (χ2n) is 5.66. The largest absolute Gasteiger partial charge is 0.459 e. The third-order valence-electron chi connectivity index (χ3n) is 4.33. The van der Waals surface area contributed by atoms with Crippen LogP contribution in [0, 0.1) is 6.92 Å². The average molecular weight is 292 g/mol. The van der Waals surface area contributed by atoms with Crippen molar-refractivity contribution in [3.05, 3.63) is 23.7 Å². The summed E-state index contributed by atoms with van der Waals surface area (Å²) in [7, 11) is 0. The minimum Gasteiger partial charge on any atom is -0.459 e. The lowest BCUT2D eigenvalue weighted by Crippen LogP contribution is -2.61. The van der Waals surface area contributed by atoms with Crippen LogP contribution in [0.4, 0.5) is 0 Å². The van der Waals surface area contributed by atoms with Gasteiger partial charge < -0.3 is 19.0 Å². The maximum atomic E-state index is 12.5. The first-order valence-corrected chi connectivity index (χ1v) is 7.30. The summed E-state index contributed by atoms with van der Waals surface area (Å²) in [5, 5.41) is 0. The van der Waals surface area contributed by atoms with Crippen LogP contribution >= 0.6 is 0 Å². The number of amides is 2. The second kappa shape index (κ2) is 5.52. The molecule has 0 saturated carbocycles. The fourth-order valence-corrected chi connectivity index (χ4v) is 3.18. The van der Waals surface area contributed by atoms with Crippen LogP contribution in [-0.2, 0) is 9.53 Å². The van der Waals surface area contributed by atoms with E-state index in [0.717, 1.165) is 12.0 Å². The summed E-state index contributed by atoms with van der Waals surface area (Å²) in [6, 6.07) is 1.73. The molecule has 0 radical (unpaired) electrons. The van der Waals surface area contributed by atoms with Gasteiger partial charge in [-0.3, -0.25) is 9.59 Å². The molecule has 114 valence electrons. The lowest BCUT2D eigenvalue weighted by atomic mass is 9.98. The summed E-state index contributed by atoms with van der Waals surface area (Å²) in [5.74, 6) is 0.321. The van der Waals surface area contributed by atoms with Crippen LogP contribution in [0.25, 0.3) is 0 Å². The van der Waals surface area contributed by atoms with Gasteiger partial charge in [-0.05, 0) is 19.4 Å². The predicted molar refractivity (Wildman–Crippen MR) is 74.9 cm³/mol. The summed E-state index contributed by atoms with van der Waals surface area (Å²) in [4.78, 5) is 27.9. The maximum Gasteiger partial charge on any atom is 0.289 e. The number of fused-ring (bicyclic) bond motifs is 1. The molecule has 0 aliphatic carbocycles. The Labute approximate surface area is 123 Å². The van der Waals surface area contributed by atoms with Crippen molar-refractivity contribution < 1.29 is 18.7 Å². The molecule has 2 amide bonds. The quantitative estimate of drug-likeness (QED) is 0.776. The van der Waals surface area contributed by atoms with Gasteiger partial charge >= 0.3 is 0 Å². The van der Waals surface area contributed by atoms with E-state index in [9.17, 15) is 9.59 Å². The molecule has 0 bridgehead atoms. The highest BCUT2D eigenvalue weighted by atomic mass is 16.5. The number of nitrogens with zero attached hydrogens (tertiary/aromatic N) is 2.